The van der Waals surface area contributed by atoms with Gasteiger partial charge in [-0.1, -0.05) is 30.3 Å². The van der Waals surface area contributed by atoms with E-state index in [1.165, 1.54) is 5.56 Å². The molecule has 0 spiro atoms. The molecule has 2 aliphatic heterocycles. The zero-order valence-corrected chi connectivity index (χ0v) is 14.5. The Kier molecular flexibility index (Phi) is 4.55. The Hall–Kier alpha value is -2.17. The third-order valence-electron chi connectivity index (χ3n) is 5.19. The van der Waals surface area contributed by atoms with Crippen LogP contribution in [0.25, 0.3) is 11.1 Å². The van der Waals surface area contributed by atoms with E-state index in [1.54, 1.807) is 0 Å². The molecule has 0 aromatic heterocycles. The highest BCUT2D eigenvalue weighted by Gasteiger charge is 2.20. The fraction of sp³-hybridized carbons (Fsp3) is 0.381. The molecule has 25 heavy (non-hydrogen) atoms. The quantitative estimate of drug-likeness (QED) is 0.856. The number of ether oxygens (including phenoxy) is 2. The van der Waals surface area contributed by atoms with Gasteiger partial charge in [0.25, 0.3) is 0 Å². The van der Waals surface area contributed by atoms with Crippen LogP contribution in [0.2, 0.25) is 0 Å². The van der Waals surface area contributed by atoms with Gasteiger partial charge in [0.1, 0.15) is 5.75 Å². The van der Waals surface area contributed by atoms with Crippen molar-refractivity contribution in [3.05, 3.63) is 53.6 Å². The lowest BCUT2D eigenvalue weighted by Crippen LogP contribution is -2.37. The predicted octanol–water partition coefficient (Wildman–Crippen LogP) is 3.71. The summed E-state index contributed by atoms with van der Waals surface area (Å²) < 4.78 is 11.1. The molecule has 1 atom stereocenters. The summed E-state index contributed by atoms with van der Waals surface area (Å²) in [6.45, 7) is 6.33. The molecule has 0 radical (unpaired) electrons. The van der Waals surface area contributed by atoms with E-state index in [-0.39, 0.29) is 5.78 Å². The monoisotopic (exact) mass is 337 g/mol. The Morgan fingerprint density at radius 3 is 2.44 bits per heavy atom. The van der Waals surface area contributed by atoms with Gasteiger partial charge in [0.2, 0.25) is 0 Å². The highest BCUT2D eigenvalue weighted by atomic mass is 16.5. The molecule has 130 valence electrons. The van der Waals surface area contributed by atoms with E-state index >= 15 is 0 Å². The average molecular weight is 337 g/mol. The standard InChI is InChI=1S/C21H23NO3/c1-15(22-9-12-24-13-10-22)16-2-4-17(5-3-16)18-6-7-19-20(23)8-11-25-21(19)14-18/h2-7,14-15H,8-13H2,1H3/t15-/m0/s1. The van der Waals surface area contributed by atoms with Crippen LogP contribution in [0.3, 0.4) is 0 Å². The van der Waals surface area contributed by atoms with Crippen LogP contribution in [0.1, 0.15) is 35.3 Å². The van der Waals surface area contributed by atoms with E-state index < -0.39 is 0 Å². The molecule has 0 unspecified atom stereocenters. The number of benzene rings is 2. The molecule has 2 aliphatic rings. The Morgan fingerprint density at radius 1 is 0.960 bits per heavy atom. The van der Waals surface area contributed by atoms with Gasteiger partial charge in [0.05, 0.1) is 25.4 Å². The van der Waals surface area contributed by atoms with Crippen LogP contribution in [0.5, 0.6) is 5.75 Å². The Labute approximate surface area is 148 Å². The summed E-state index contributed by atoms with van der Waals surface area (Å²) in [5.74, 6) is 0.877. The number of carbonyl (C=O) groups excluding carboxylic acids is 1. The molecular formula is C21H23NO3. The molecule has 0 N–H and O–H groups in total. The van der Waals surface area contributed by atoms with Crippen molar-refractivity contribution in [2.45, 2.75) is 19.4 Å². The first-order valence-corrected chi connectivity index (χ1v) is 8.94. The maximum Gasteiger partial charge on any atom is 0.169 e. The van der Waals surface area contributed by atoms with Crippen molar-refractivity contribution in [3.8, 4) is 16.9 Å². The molecule has 0 saturated carbocycles. The molecule has 0 aliphatic carbocycles. The van der Waals surface area contributed by atoms with Gasteiger partial charge < -0.3 is 9.47 Å². The summed E-state index contributed by atoms with van der Waals surface area (Å²) in [6.07, 6.45) is 0.473. The number of morpholine rings is 1. The molecule has 4 nitrogen and oxygen atoms in total. The maximum atomic E-state index is 11.9. The van der Waals surface area contributed by atoms with Crippen LogP contribution in [-0.2, 0) is 4.74 Å². The number of ketones is 1. The molecule has 1 saturated heterocycles. The van der Waals surface area contributed by atoms with Crippen molar-refractivity contribution in [2.75, 3.05) is 32.9 Å². The van der Waals surface area contributed by atoms with Gasteiger partial charge in [-0.2, -0.15) is 0 Å². The van der Waals surface area contributed by atoms with Gasteiger partial charge in [0, 0.05) is 25.6 Å². The van der Waals surface area contributed by atoms with Gasteiger partial charge in [-0.3, -0.25) is 9.69 Å². The van der Waals surface area contributed by atoms with Crippen LogP contribution in [-0.4, -0.2) is 43.6 Å². The predicted molar refractivity (Wildman–Crippen MR) is 97.1 cm³/mol. The lowest BCUT2D eigenvalue weighted by Gasteiger charge is -2.32. The van der Waals surface area contributed by atoms with Crippen molar-refractivity contribution in [1.29, 1.82) is 0 Å². The van der Waals surface area contributed by atoms with Gasteiger partial charge >= 0.3 is 0 Å². The SMILES string of the molecule is C[C@@H](c1ccc(-c2ccc3c(c2)OCCC3=O)cc1)N1CCOCC1. The van der Waals surface area contributed by atoms with Crippen molar-refractivity contribution in [3.63, 3.8) is 0 Å². The third kappa shape index (κ3) is 3.32. The zero-order valence-electron chi connectivity index (χ0n) is 14.5. The first kappa shape index (κ1) is 16.3. The van der Waals surface area contributed by atoms with Crippen molar-refractivity contribution < 1.29 is 14.3 Å². The number of hydrogen-bond acceptors (Lipinski definition) is 4. The maximum absolute atomic E-state index is 11.9. The lowest BCUT2D eigenvalue weighted by molar-refractivity contribution is 0.0198. The smallest absolute Gasteiger partial charge is 0.169 e. The van der Waals surface area contributed by atoms with E-state index in [4.69, 9.17) is 9.47 Å². The summed E-state index contributed by atoms with van der Waals surface area (Å²) >= 11 is 0. The Balaban J connectivity index is 1.55. The Bertz CT molecular complexity index is 763. The first-order valence-electron chi connectivity index (χ1n) is 8.94. The molecule has 2 aromatic rings. The summed E-state index contributed by atoms with van der Waals surface area (Å²) in [6, 6.07) is 15.0. The second-order valence-electron chi connectivity index (χ2n) is 6.68. The van der Waals surface area contributed by atoms with Gasteiger partial charge in [-0.25, -0.2) is 0 Å². The third-order valence-corrected chi connectivity index (χ3v) is 5.19. The number of nitrogens with zero attached hydrogens (tertiary/aromatic N) is 1. The van der Waals surface area contributed by atoms with Crippen LogP contribution >= 0.6 is 0 Å². The number of rotatable bonds is 3. The summed E-state index contributed by atoms with van der Waals surface area (Å²) in [5, 5.41) is 0. The van der Waals surface area contributed by atoms with Crippen molar-refractivity contribution in [1.82, 2.24) is 4.90 Å². The molecule has 1 fully saturated rings. The number of carbonyl (C=O) groups is 1. The van der Waals surface area contributed by atoms with Crippen LogP contribution in [0.4, 0.5) is 0 Å². The molecular weight excluding hydrogens is 314 g/mol. The van der Waals surface area contributed by atoms with E-state index in [0.29, 0.717) is 30.4 Å². The molecule has 2 aromatic carbocycles. The average Bonchev–Trinajstić information content (AvgIpc) is 2.68. The highest BCUT2D eigenvalue weighted by Crippen LogP contribution is 2.31. The number of fused-ring (bicyclic) bond motifs is 1. The van der Waals surface area contributed by atoms with Crippen LogP contribution in [0.15, 0.2) is 42.5 Å². The van der Waals surface area contributed by atoms with Gasteiger partial charge in [-0.15, -0.1) is 0 Å². The minimum atomic E-state index is 0.169. The van der Waals surface area contributed by atoms with E-state index in [9.17, 15) is 4.79 Å². The molecule has 4 heteroatoms. The van der Waals surface area contributed by atoms with E-state index in [2.05, 4.69) is 36.1 Å². The minimum absolute atomic E-state index is 0.169. The fourth-order valence-electron chi connectivity index (χ4n) is 3.57. The minimum Gasteiger partial charge on any atom is -0.492 e. The van der Waals surface area contributed by atoms with E-state index in [1.807, 2.05) is 18.2 Å². The molecule has 2 heterocycles. The summed E-state index contributed by atoms with van der Waals surface area (Å²) in [5.41, 5.74) is 4.24. The number of hydrogen-bond donors (Lipinski definition) is 0. The highest BCUT2D eigenvalue weighted by molar-refractivity contribution is 6.00. The zero-order chi connectivity index (χ0) is 17.2. The first-order chi connectivity index (χ1) is 12.2. The molecule has 4 rings (SSSR count). The summed E-state index contributed by atoms with van der Waals surface area (Å²) in [4.78, 5) is 14.4. The molecule has 0 amide bonds. The summed E-state index contributed by atoms with van der Waals surface area (Å²) in [7, 11) is 0. The molecule has 0 bridgehead atoms. The topological polar surface area (TPSA) is 38.8 Å². The normalized spacial score (nSPS) is 19.2. The van der Waals surface area contributed by atoms with Crippen molar-refractivity contribution in [2.24, 2.45) is 0 Å². The largest absolute Gasteiger partial charge is 0.492 e. The van der Waals surface area contributed by atoms with Crippen LogP contribution in [0, 0.1) is 0 Å². The number of Topliss-reactive ketones (excluding diaryl/α,β-unsaturated/α-hetero) is 1. The second kappa shape index (κ2) is 6.98. The second-order valence-corrected chi connectivity index (χ2v) is 6.68. The lowest BCUT2D eigenvalue weighted by atomic mass is 9.97. The van der Waals surface area contributed by atoms with Crippen LogP contribution < -0.4 is 4.74 Å². The van der Waals surface area contributed by atoms with Crippen molar-refractivity contribution >= 4 is 5.78 Å². The fourth-order valence-corrected chi connectivity index (χ4v) is 3.57. The van der Waals surface area contributed by atoms with E-state index in [0.717, 1.165) is 37.4 Å². The Morgan fingerprint density at radius 2 is 1.68 bits per heavy atom. The van der Waals surface area contributed by atoms with Gasteiger partial charge in [-0.05, 0) is 35.7 Å². The van der Waals surface area contributed by atoms with Gasteiger partial charge in [0.15, 0.2) is 5.78 Å².